The van der Waals surface area contributed by atoms with Gasteiger partial charge in [-0.1, -0.05) is 12.1 Å². The zero-order chi connectivity index (χ0) is 21.1. The van der Waals surface area contributed by atoms with Gasteiger partial charge in [-0.15, -0.1) is 0 Å². The Bertz CT molecular complexity index is 1230. The van der Waals surface area contributed by atoms with Crippen molar-refractivity contribution in [2.45, 2.75) is 13.5 Å². The lowest BCUT2D eigenvalue weighted by atomic mass is 10.1. The van der Waals surface area contributed by atoms with Gasteiger partial charge >= 0.3 is 5.69 Å². The van der Waals surface area contributed by atoms with Gasteiger partial charge < -0.3 is 9.47 Å². The normalized spacial score (nSPS) is 10.8. The van der Waals surface area contributed by atoms with E-state index >= 15 is 0 Å². The number of aromatic nitrogens is 6. The molecule has 0 aliphatic rings. The van der Waals surface area contributed by atoms with E-state index in [1.165, 1.54) is 15.7 Å². The molecule has 2 aromatic carbocycles. The minimum absolute atomic E-state index is 0.212. The van der Waals surface area contributed by atoms with E-state index in [1.54, 1.807) is 20.2 Å². The maximum Gasteiger partial charge on any atom is 0.368 e. The Morgan fingerprint density at radius 1 is 1.03 bits per heavy atom. The van der Waals surface area contributed by atoms with Crippen LogP contribution in [0.3, 0.4) is 0 Å². The molecule has 9 nitrogen and oxygen atoms in total. The van der Waals surface area contributed by atoms with Crippen molar-refractivity contribution < 1.29 is 9.47 Å². The van der Waals surface area contributed by atoms with E-state index < -0.39 is 0 Å². The number of hydrogen-bond acceptors (Lipinski definition) is 7. The summed E-state index contributed by atoms with van der Waals surface area (Å²) in [5.74, 6) is 1.20. The number of benzene rings is 2. The highest BCUT2D eigenvalue weighted by atomic mass is 16.5. The third-order valence-electron chi connectivity index (χ3n) is 4.73. The van der Waals surface area contributed by atoms with Crippen molar-refractivity contribution in [1.29, 1.82) is 0 Å². The summed E-state index contributed by atoms with van der Waals surface area (Å²) in [6, 6.07) is 15.0. The zero-order valence-electron chi connectivity index (χ0n) is 16.8. The van der Waals surface area contributed by atoms with Crippen LogP contribution in [0.25, 0.3) is 16.9 Å². The van der Waals surface area contributed by atoms with Gasteiger partial charge in [0, 0.05) is 24.2 Å². The third kappa shape index (κ3) is 3.77. The molecule has 0 bridgehead atoms. The van der Waals surface area contributed by atoms with E-state index in [2.05, 4.69) is 20.4 Å². The number of tetrazole rings is 1. The number of rotatable bonds is 6. The summed E-state index contributed by atoms with van der Waals surface area (Å²) in [4.78, 5) is 20.8. The molecule has 30 heavy (non-hydrogen) atoms. The van der Waals surface area contributed by atoms with Gasteiger partial charge in [0.25, 0.3) is 0 Å². The van der Waals surface area contributed by atoms with Gasteiger partial charge in [-0.2, -0.15) is 9.36 Å². The van der Waals surface area contributed by atoms with Gasteiger partial charge in [0.2, 0.25) is 5.88 Å². The summed E-state index contributed by atoms with van der Waals surface area (Å²) in [5, 5.41) is 7.72. The number of nitrogens with zero attached hydrogens (tertiary/aromatic N) is 6. The number of methoxy groups -OCH3 is 1. The molecule has 0 spiro atoms. The average Bonchev–Trinajstić information content (AvgIpc) is 3.11. The molecule has 0 radical (unpaired) electrons. The fourth-order valence-electron chi connectivity index (χ4n) is 3.02. The lowest BCUT2D eigenvalue weighted by molar-refractivity contribution is 0.292. The minimum Gasteiger partial charge on any atom is -0.497 e. The first-order valence-corrected chi connectivity index (χ1v) is 9.24. The molecule has 0 N–H and O–H groups in total. The predicted octanol–water partition coefficient (Wildman–Crippen LogP) is 2.32. The van der Waals surface area contributed by atoms with Crippen LogP contribution in [0, 0.1) is 6.92 Å². The van der Waals surface area contributed by atoms with Crippen LogP contribution in [-0.2, 0) is 13.7 Å². The molecule has 0 amide bonds. The molecule has 0 unspecified atom stereocenters. The van der Waals surface area contributed by atoms with E-state index in [0.717, 1.165) is 28.1 Å². The molecule has 0 fully saturated rings. The highest BCUT2D eigenvalue weighted by Gasteiger charge is 2.14. The van der Waals surface area contributed by atoms with Crippen LogP contribution in [0.15, 0.2) is 59.7 Å². The number of ether oxygens (including phenoxy) is 2. The molecular weight excluding hydrogens is 384 g/mol. The Morgan fingerprint density at radius 3 is 2.53 bits per heavy atom. The SMILES string of the molecule is COc1ccc(-c2cc(OCc3c(C)cccc3-n3nnn(C)c3=O)ncn2)cc1. The van der Waals surface area contributed by atoms with Crippen molar-refractivity contribution in [3.05, 3.63) is 76.5 Å². The molecule has 0 aliphatic carbocycles. The molecule has 4 aromatic rings. The predicted molar refractivity (Wildman–Crippen MR) is 110 cm³/mol. The van der Waals surface area contributed by atoms with Crippen molar-refractivity contribution in [1.82, 2.24) is 29.8 Å². The fraction of sp³-hybridized carbons (Fsp3) is 0.190. The Hall–Kier alpha value is -4.01. The lowest BCUT2D eigenvalue weighted by Crippen LogP contribution is -2.23. The van der Waals surface area contributed by atoms with Gasteiger partial charge in [-0.3, -0.25) is 0 Å². The second kappa shape index (κ2) is 8.16. The van der Waals surface area contributed by atoms with Gasteiger partial charge in [0.1, 0.15) is 18.7 Å². The summed E-state index contributed by atoms with van der Waals surface area (Å²) in [5.41, 5.74) is 3.74. The highest BCUT2D eigenvalue weighted by Crippen LogP contribution is 2.24. The first kappa shape index (κ1) is 19.3. The van der Waals surface area contributed by atoms with Crippen LogP contribution < -0.4 is 15.2 Å². The highest BCUT2D eigenvalue weighted by molar-refractivity contribution is 5.60. The van der Waals surface area contributed by atoms with E-state index in [-0.39, 0.29) is 12.3 Å². The number of hydrogen-bond donors (Lipinski definition) is 0. The summed E-state index contributed by atoms with van der Waals surface area (Å²) < 4.78 is 13.6. The van der Waals surface area contributed by atoms with Crippen molar-refractivity contribution >= 4 is 0 Å². The molecular formula is C21H20N6O3. The van der Waals surface area contributed by atoms with Crippen LogP contribution in [0.5, 0.6) is 11.6 Å². The molecule has 4 rings (SSSR count). The molecule has 0 saturated heterocycles. The Balaban J connectivity index is 1.60. The minimum atomic E-state index is -0.328. The molecule has 9 heteroatoms. The average molecular weight is 404 g/mol. The van der Waals surface area contributed by atoms with Crippen molar-refractivity contribution in [2.24, 2.45) is 7.05 Å². The lowest BCUT2D eigenvalue weighted by Gasteiger charge is -2.12. The van der Waals surface area contributed by atoms with E-state index in [9.17, 15) is 4.79 Å². The standard InChI is InChI=1S/C21H20N6O3/c1-14-5-4-6-19(27-21(28)26(2)24-25-27)17(14)12-30-20-11-18(22-13-23-20)15-7-9-16(29-3)10-8-15/h4-11,13H,12H2,1-3H3. The van der Waals surface area contributed by atoms with E-state index in [0.29, 0.717) is 11.6 Å². The summed E-state index contributed by atoms with van der Waals surface area (Å²) in [6.07, 6.45) is 1.46. The van der Waals surface area contributed by atoms with Gasteiger partial charge in [0.15, 0.2) is 0 Å². The Labute approximate surface area is 172 Å². The van der Waals surface area contributed by atoms with E-state index in [4.69, 9.17) is 9.47 Å². The number of aryl methyl sites for hydroxylation is 2. The van der Waals surface area contributed by atoms with Gasteiger partial charge in [0.05, 0.1) is 18.5 Å². The maximum absolute atomic E-state index is 12.3. The second-order valence-corrected chi connectivity index (χ2v) is 6.63. The van der Waals surface area contributed by atoms with Crippen LogP contribution in [0.1, 0.15) is 11.1 Å². The smallest absolute Gasteiger partial charge is 0.368 e. The van der Waals surface area contributed by atoms with Gasteiger partial charge in [-0.05, 0) is 53.2 Å². The molecule has 2 aromatic heterocycles. The largest absolute Gasteiger partial charge is 0.497 e. The van der Waals surface area contributed by atoms with Crippen LogP contribution >= 0.6 is 0 Å². The first-order chi connectivity index (χ1) is 14.6. The molecule has 0 atom stereocenters. The van der Waals surface area contributed by atoms with Crippen LogP contribution in [-0.4, -0.2) is 36.9 Å². The van der Waals surface area contributed by atoms with Crippen molar-refractivity contribution in [3.63, 3.8) is 0 Å². The molecule has 0 saturated carbocycles. The zero-order valence-corrected chi connectivity index (χ0v) is 16.8. The second-order valence-electron chi connectivity index (χ2n) is 6.63. The van der Waals surface area contributed by atoms with Crippen LogP contribution in [0.4, 0.5) is 0 Å². The van der Waals surface area contributed by atoms with E-state index in [1.807, 2.05) is 49.4 Å². The van der Waals surface area contributed by atoms with Gasteiger partial charge in [-0.25, -0.2) is 14.8 Å². The monoisotopic (exact) mass is 404 g/mol. The Kier molecular flexibility index (Phi) is 5.25. The van der Waals surface area contributed by atoms with Crippen molar-refractivity contribution in [3.8, 4) is 28.6 Å². The van der Waals surface area contributed by atoms with Crippen LogP contribution in [0.2, 0.25) is 0 Å². The maximum atomic E-state index is 12.3. The molecule has 2 heterocycles. The fourth-order valence-corrected chi connectivity index (χ4v) is 3.02. The topological polar surface area (TPSA) is 97.0 Å². The molecule has 152 valence electrons. The first-order valence-electron chi connectivity index (χ1n) is 9.24. The van der Waals surface area contributed by atoms with Crippen molar-refractivity contribution in [2.75, 3.05) is 7.11 Å². The summed E-state index contributed by atoms with van der Waals surface area (Å²) in [6.45, 7) is 2.16. The summed E-state index contributed by atoms with van der Waals surface area (Å²) >= 11 is 0. The molecule has 0 aliphatic heterocycles. The third-order valence-corrected chi connectivity index (χ3v) is 4.73. The summed E-state index contributed by atoms with van der Waals surface area (Å²) in [7, 11) is 3.18. The Morgan fingerprint density at radius 2 is 1.83 bits per heavy atom. The quantitative estimate of drug-likeness (QED) is 0.486.